The normalized spacial score (nSPS) is 15.2. The third-order valence-corrected chi connectivity index (χ3v) is 4.28. The molecule has 2 heterocycles. The zero-order chi connectivity index (χ0) is 16.9. The number of amides is 2. The van der Waals surface area contributed by atoms with E-state index in [0.29, 0.717) is 37.4 Å². The van der Waals surface area contributed by atoms with Gasteiger partial charge >= 0.3 is 0 Å². The Labute approximate surface area is 141 Å². The van der Waals surface area contributed by atoms with E-state index in [1.165, 1.54) is 0 Å². The van der Waals surface area contributed by atoms with Crippen LogP contribution in [0, 0.1) is 0 Å². The van der Waals surface area contributed by atoms with E-state index < -0.39 is 0 Å². The first-order chi connectivity index (χ1) is 11.7. The highest BCUT2D eigenvalue weighted by Crippen LogP contribution is 2.11. The zero-order valence-corrected chi connectivity index (χ0v) is 13.9. The zero-order valence-electron chi connectivity index (χ0n) is 13.9. The summed E-state index contributed by atoms with van der Waals surface area (Å²) in [4.78, 5) is 36.0. The number of benzene rings is 1. The summed E-state index contributed by atoms with van der Waals surface area (Å²) in [5.41, 5.74) is 1.22. The molecule has 2 amide bonds. The van der Waals surface area contributed by atoms with Crippen molar-refractivity contribution in [2.45, 2.75) is 19.8 Å². The van der Waals surface area contributed by atoms with E-state index in [-0.39, 0.29) is 11.8 Å². The number of hydrogen-bond donors (Lipinski definition) is 1. The molecule has 3 rings (SSSR count). The molecular formula is C18H22N4O2. The predicted molar refractivity (Wildman–Crippen MR) is 90.8 cm³/mol. The van der Waals surface area contributed by atoms with Crippen LogP contribution >= 0.6 is 0 Å². The van der Waals surface area contributed by atoms with Crippen molar-refractivity contribution >= 4 is 11.8 Å². The van der Waals surface area contributed by atoms with Crippen molar-refractivity contribution in [1.29, 1.82) is 0 Å². The third kappa shape index (κ3) is 3.48. The maximum atomic E-state index is 12.6. The standard InChI is InChI=1S/C18H22N4O2/c1-2-16-19-13-15(20-16)18(24)22-10-6-9-21(11-12-22)17(23)14-7-4-3-5-8-14/h3-5,7-8,13H,2,6,9-12H2,1H3,(H,19,20). The highest BCUT2D eigenvalue weighted by molar-refractivity contribution is 5.94. The molecule has 24 heavy (non-hydrogen) atoms. The number of aromatic nitrogens is 2. The van der Waals surface area contributed by atoms with Crippen molar-refractivity contribution in [2.75, 3.05) is 26.2 Å². The molecule has 1 aromatic heterocycles. The molecule has 1 fully saturated rings. The van der Waals surface area contributed by atoms with Crippen molar-refractivity contribution in [3.63, 3.8) is 0 Å². The Balaban J connectivity index is 1.64. The Bertz CT molecular complexity index is 711. The number of aromatic amines is 1. The predicted octanol–water partition coefficient (Wildman–Crippen LogP) is 1.96. The topological polar surface area (TPSA) is 69.3 Å². The van der Waals surface area contributed by atoms with Gasteiger partial charge in [0.05, 0.1) is 6.20 Å². The number of carbonyl (C=O) groups is 2. The molecule has 2 aromatic rings. The minimum atomic E-state index is -0.0452. The number of rotatable bonds is 3. The number of carbonyl (C=O) groups excluding carboxylic acids is 2. The van der Waals surface area contributed by atoms with Crippen LogP contribution in [0.5, 0.6) is 0 Å². The molecule has 1 aliphatic rings. The van der Waals surface area contributed by atoms with Crippen LogP contribution in [-0.4, -0.2) is 57.8 Å². The van der Waals surface area contributed by atoms with Gasteiger partial charge in [-0.25, -0.2) is 4.98 Å². The molecule has 1 aromatic carbocycles. The minimum absolute atomic E-state index is 0.0275. The molecule has 1 aliphatic heterocycles. The van der Waals surface area contributed by atoms with E-state index in [1.807, 2.05) is 42.2 Å². The number of H-pyrrole nitrogens is 1. The van der Waals surface area contributed by atoms with E-state index in [9.17, 15) is 9.59 Å². The van der Waals surface area contributed by atoms with E-state index in [2.05, 4.69) is 9.97 Å². The quantitative estimate of drug-likeness (QED) is 0.937. The van der Waals surface area contributed by atoms with Crippen molar-refractivity contribution in [2.24, 2.45) is 0 Å². The Hall–Kier alpha value is -2.63. The average molecular weight is 326 g/mol. The molecule has 0 aliphatic carbocycles. The van der Waals surface area contributed by atoms with Crippen LogP contribution < -0.4 is 0 Å². The summed E-state index contributed by atoms with van der Waals surface area (Å²) in [7, 11) is 0. The highest BCUT2D eigenvalue weighted by Gasteiger charge is 2.24. The number of nitrogens with zero attached hydrogens (tertiary/aromatic N) is 3. The summed E-state index contributed by atoms with van der Waals surface area (Å²) in [6, 6.07) is 9.28. The van der Waals surface area contributed by atoms with Gasteiger partial charge in [0.15, 0.2) is 0 Å². The summed E-state index contributed by atoms with van der Waals surface area (Å²) in [6.07, 6.45) is 3.14. The lowest BCUT2D eigenvalue weighted by Gasteiger charge is -2.22. The van der Waals surface area contributed by atoms with Crippen LogP contribution in [0.2, 0.25) is 0 Å². The second-order valence-electron chi connectivity index (χ2n) is 5.90. The molecule has 0 spiro atoms. The van der Waals surface area contributed by atoms with E-state index in [4.69, 9.17) is 0 Å². The van der Waals surface area contributed by atoms with Gasteiger partial charge in [-0.05, 0) is 18.6 Å². The Kier molecular flexibility index (Phi) is 4.93. The fraction of sp³-hybridized carbons (Fsp3) is 0.389. The lowest BCUT2D eigenvalue weighted by molar-refractivity contribution is 0.0716. The fourth-order valence-corrected chi connectivity index (χ4v) is 2.91. The van der Waals surface area contributed by atoms with Crippen molar-refractivity contribution in [1.82, 2.24) is 19.8 Å². The van der Waals surface area contributed by atoms with Gasteiger partial charge in [-0.3, -0.25) is 9.59 Å². The van der Waals surface area contributed by atoms with Gasteiger partial charge in [0.2, 0.25) is 0 Å². The lowest BCUT2D eigenvalue weighted by Crippen LogP contribution is -2.37. The average Bonchev–Trinajstić information content (AvgIpc) is 2.98. The first-order valence-corrected chi connectivity index (χ1v) is 8.36. The molecular weight excluding hydrogens is 304 g/mol. The molecule has 0 atom stereocenters. The van der Waals surface area contributed by atoms with Gasteiger partial charge in [-0.1, -0.05) is 25.1 Å². The van der Waals surface area contributed by atoms with Crippen LogP contribution in [0.15, 0.2) is 36.5 Å². The summed E-state index contributed by atoms with van der Waals surface area (Å²) >= 11 is 0. The molecule has 6 nitrogen and oxygen atoms in total. The SMILES string of the molecule is CCc1ncc(C(=O)N2CCCN(C(=O)c3ccccc3)CC2)[nH]1. The molecule has 0 saturated carbocycles. The lowest BCUT2D eigenvalue weighted by atomic mass is 10.2. The van der Waals surface area contributed by atoms with E-state index in [1.54, 1.807) is 11.1 Å². The molecule has 0 unspecified atom stereocenters. The fourth-order valence-electron chi connectivity index (χ4n) is 2.91. The summed E-state index contributed by atoms with van der Waals surface area (Å²) in [5.74, 6) is 0.796. The Morgan fingerprint density at radius 3 is 2.33 bits per heavy atom. The molecule has 1 saturated heterocycles. The molecule has 0 radical (unpaired) electrons. The first kappa shape index (κ1) is 16.2. The largest absolute Gasteiger partial charge is 0.338 e. The molecule has 0 bridgehead atoms. The van der Waals surface area contributed by atoms with Gasteiger partial charge < -0.3 is 14.8 Å². The maximum absolute atomic E-state index is 12.6. The second kappa shape index (κ2) is 7.29. The van der Waals surface area contributed by atoms with Gasteiger partial charge in [0, 0.05) is 38.2 Å². The van der Waals surface area contributed by atoms with Crippen molar-refractivity contribution in [3.05, 3.63) is 53.6 Å². The van der Waals surface area contributed by atoms with E-state index in [0.717, 1.165) is 18.7 Å². The van der Waals surface area contributed by atoms with Crippen molar-refractivity contribution < 1.29 is 9.59 Å². The first-order valence-electron chi connectivity index (χ1n) is 8.36. The van der Waals surface area contributed by atoms with Crippen LogP contribution in [0.3, 0.4) is 0 Å². The second-order valence-corrected chi connectivity index (χ2v) is 5.90. The number of hydrogen-bond acceptors (Lipinski definition) is 3. The van der Waals surface area contributed by atoms with E-state index >= 15 is 0 Å². The highest BCUT2D eigenvalue weighted by atomic mass is 16.2. The minimum Gasteiger partial charge on any atom is -0.338 e. The molecule has 6 heteroatoms. The summed E-state index contributed by atoms with van der Waals surface area (Å²) < 4.78 is 0. The molecule has 1 N–H and O–H groups in total. The summed E-state index contributed by atoms with van der Waals surface area (Å²) in [5, 5.41) is 0. The Morgan fingerprint density at radius 2 is 1.71 bits per heavy atom. The van der Waals surface area contributed by atoms with Crippen LogP contribution in [0.4, 0.5) is 0 Å². The van der Waals surface area contributed by atoms with Gasteiger partial charge in [0.1, 0.15) is 11.5 Å². The number of nitrogens with one attached hydrogen (secondary N) is 1. The van der Waals surface area contributed by atoms with Crippen LogP contribution in [0.25, 0.3) is 0 Å². The number of aryl methyl sites for hydroxylation is 1. The smallest absolute Gasteiger partial charge is 0.271 e. The molecule has 126 valence electrons. The monoisotopic (exact) mass is 326 g/mol. The van der Waals surface area contributed by atoms with Gasteiger partial charge in [-0.15, -0.1) is 0 Å². The van der Waals surface area contributed by atoms with Gasteiger partial charge in [-0.2, -0.15) is 0 Å². The summed E-state index contributed by atoms with van der Waals surface area (Å²) in [6.45, 7) is 4.40. The van der Waals surface area contributed by atoms with Gasteiger partial charge in [0.25, 0.3) is 11.8 Å². The number of imidazole rings is 1. The Morgan fingerprint density at radius 1 is 1.04 bits per heavy atom. The third-order valence-electron chi connectivity index (χ3n) is 4.28. The van der Waals surface area contributed by atoms with Crippen LogP contribution in [0.1, 0.15) is 40.0 Å². The van der Waals surface area contributed by atoms with Crippen LogP contribution in [-0.2, 0) is 6.42 Å². The van der Waals surface area contributed by atoms with Crippen molar-refractivity contribution in [3.8, 4) is 0 Å². The maximum Gasteiger partial charge on any atom is 0.271 e.